The highest BCUT2D eigenvalue weighted by molar-refractivity contribution is 5.68. The molecule has 116 valence electrons. The molecule has 0 bridgehead atoms. The normalized spacial score (nSPS) is 17.5. The minimum absolute atomic E-state index is 0.0989. The molecule has 21 heavy (non-hydrogen) atoms. The number of aryl methyl sites for hydroxylation is 1. The Kier molecular flexibility index (Phi) is 4.30. The van der Waals surface area contributed by atoms with Gasteiger partial charge in [-0.05, 0) is 39.3 Å². The third-order valence-corrected chi connectivity index (χ3v) is 3.28. The van der Waals surface area contributed by atoms with Crippen molar-refractivity contribution in [3.8, 4) is 11.5 Å². The molecule has 1 aliphatic rings. The average Bonchev–Trinajstić information content (AvgIpc) is 2.37. The highest BCUT2D eigenvalue weighted by Gasteiger charge is 2.27. The number of methoxy groups -OCH3 is 1. The summed E-state index contributed by atoms with van der Waals surface area (Å²) in [5.74, 6) is 1.51. The van der Waals surface area contributed by atoms with E-state index in [4.69, 9.17) is 14.2 Å². The molecule has 1 aliphatic heterocycles. The average molecular weight is 293 g/mol. The summed E-state index contributed by atoms with van der Waals surface area (Å²) in [6.45, 7) is 7.96. The first-order chi connectivity index (χ1) is 9.80. The highest BCUT2D eigenvalue weighted by Crippen LogP contribution is 2.36. The van der Waals surface area contributed by atoms with E-state index in [0.29, 0.717) is 13.0 Å². The van der Waals surface area contributed by atoms with Gasteiger partial charge < -0.3 is 19.5 Å². The third-order valence-electron chi connectivity index (χ3n) is 3.28. The number of ether oxygens (including phenoxy) is 3. The topological polar surface area (TPSA) is 56.8 Å². The van der Waals surface area contributed by atoms with E-state index in [1.54, 1.807) is 7.11 Å². The number of rotatable bonds is 2. The summed E-state index contributed by atoms with van der Waals surface area (Å²) in [5, 5.41) is 2.85. The molecule has 0 saturated heterocycles. The summed E-state index contributed by atoms with van der Waals surface area (Å²) in [7, 11) is 1.62. The van der Waals surface area contributed by atoms with Crippen LogP contribution in [-0.4, -0.2) is 31.5 Å². The van der Waals surface area contributed by atoms with Crippen LogP contribution in [0.4, 0.5) is 4.79 Å². The second-order valence-corrected chi connectivity index (χ2v) is 6.25. The molecule has 0 saturated carbocycles. The quantitative estimate of drug-likeness (QED) is 0.911. The largest absolute Gasteiger partial charge is 0.493 e. The van der Waals surface area contributed by atoms with Gasteiger partial charge in [-0.15, -0.1) is 0 Å². The predicted octanol–water partition coefficient (Wildman–Crippen LogP) is 2.83. The Bertz CT molecular complexity index is 534. The van der Waals surface area contributed by atoms with Crippen molar-refractivity contribution in [1.29, 1.82) is 0 Å². The smallest absolute Gasteiger partial charge is 0.408 e. The Morgan fingerprint density at radius 1 is 1.38 bits per heavy atom. The molecule has 1 aromatic rings. The van der Waals surface area contributed by atoms with E-state index in [-0.39, 0.29) is 6.04 Å². The summed E-state index contributed by atoms with van der Waals surface area (Å²) < 4.78 is 16.4. The van der Waals surface area contributed by atoms with E-state index in [0.717, 1.165) is 22.6 Å². The maximum Gasteiger partial charge on any atom is 0.408 e. The van der Waals surface area contributed by atoms with Gasteiger partial charge in [0.1, 0.15) is 12.2 Å². The van der Waals surface area contributed by atoms with Crippen molar-refractivity contribution in [2.24, 2.45) is 0 Å². The Hall–Kier alpha value is -1.91. The van der Waals surface area contributed by atoms with Crippen LogP contribution in [0.5, 0.6) is 11.5 Å². The second-order valence-electron chi connectivity index (χ2n) is 6.25. The van der Waals surface area contributed by atoms with Crippen molar-refractivity contribution < 1.29 is 19.0 Å². The zero-order valence-electron chi connectivity index (χ0n) is 13.3. The van der Waals surface area contributed by atoms with Gasteiger partial charge in [-0.1, -0.05) is 6.07 Å². The van der Waals surface area contributed by atoms with Crippen molar-refractivity contribution in [3.05, 3.63) is 23.3 Å². The molecule has 0 aromatic heterocycles. The van der Waals surface area contributed by atoms with Crippen LogP contribution in [0.15, 0.2) is 12.1 Å². The van der Waals surface area contributed by atoms with Gasteiger partial charge in [-0.2, -0.15) is 0 Å². The van der Waals surface area contributed by atoms with Crippen molar-refractivity contribution in [1.82, 2.24) is 5.32 Å². The fourth-order valence-electron chi connectivity index (χ4n) is 2.33. The van der Waals surface area contributed by atoms with Gasteiger partial charge in [0.25, 0.3) is 0 Å². The standard InChI is InChI=1S/C16H23NO4/c1-10-6-7-13(19-5)14-12(10)8-11(9-20-14)17-15(18)21-16(2,3)4/h6-7,11H,8-9H2,1-5H3,(H,17,18). The van der Waals surface area contributed by atoms with Crippen LogP contribution >= 0.6 is 0 Å². The number of carbonyl (C=O) groups is 1. The van der Waals surface area contributed by atoms with E-state index in [2.05, 4.69) is 5.32 Å². The Morgan fingerprint density at radius 2 is 2.10 bits per heavy atom. The summed E-state index contributed by atoms with van der Waals surface area (Å²) in [6.07, 6.45) is 0.289. The highest BCUT2D eigenvalue weighted by atomic mass is 16.6. The lowest BCUT2D eigenvalue weighted by Gasteiger charge is -2.29. The number of hydrogen-bond donors (Lipinski definition) is 1. The van der Waals surface area contributed by atoms with Crippen molar-refractivity contribution in [3.63, 3.8) is 0 Å². The minimum Gasteiger partial charge on any atom is -0.493 e. The van der Waals surface area contributed by atoms with Gasteiger partial charge in [-0.25, -0.2) is 4.79 Å². The summed E-state index contributed by atoms with van der Waals surface area (Å²) >= 11 is 0. The van der Waals surface area contributed by atoms with Crippen LogP contribution in [0, 0.1) is 6.92 Å². The fourth-order valence-corrected chi connectivity index (χ4v) is 2.33. The summed E-state index contributed by atoms with van der Waals surface area (Å²) in [4.78, 5) is 11.8. The molecule has 0 spiro atoms. The maximum absolute atomic E-state index is 11.8. The van der Waals surface area contributed by atoms with E-state index in [1.165, 1.54) is 0 Å². The zero-order valence-corrected chi connectivity index (χ0v) is 13.3. The van der Waals surface area contributed by atoms with Gasteiger partial charge >= 0.3 is 6.09 Å². The van der Waals surface area contributed by atoms with Crippen LogP contribution in [0.2, 0.25) is 0 Å². The zero-order chi connectivity index (χ0) is 15.6. The van der Waals surface area contributed by atoms with Gasteiger partial charge in [0.2, 0.25) is 0 Å². The lowest BCUT2D eigenvalue weighted by Crippen LogP contribution is -2.45. The Balaban J connectivity index is 2.08. The van der Waals surface area contributed by atoms with Gasteiger partial charge in [0, 0.05) is 12.0 Å². The lowest BCUT2D eigenvalue weighted by atomic mass is 9.97. The molecule has 1 atom stereocenters. The van der Waals surface area contributed by atoms with Crippen LogP contribution < -0.4 is 14.8 Å². The molecule has 1 unspecified atom stereocenters. The minimum atomic E-state index is -0.503. The van der Waals surface area contributed by atoms with E-state index in [1.807, 2.05) is 39.8 Å². The SMILES string of the molecule is COc1ccc(C)c2c1OCC(NC(=O)OC(C)(C)C)C2. The van der Waals surface area contributed by atoms with Crippen LogP contribution in [0.1, 0.15) is 31.9 Å². The molecule has 2 rings (SSSR count). The monoisotopic (exact) mass is 293 g/mol. The van der Waals surface area contributed by atoms with Crippen LogP contribution in [0.3, 0.4) is 0 Å². The number of nitrogens with one attached hydrogen (secondary N) is 1. The molecule has 1 N–H and O–H groups in total. The molecule has 0 aliphatic carbocycles. The molecule has 1 aromatic carbocycles. The maximum atomic E-state index is 11.8. The lowest BCUT2D eigenvalue weighted by molar-refractivity contribution is 0.0481. The van der Waals surface area contributed by atoms with Crippen molar-refractivity contribution in [2.45, 2.75) is 45.8 Å². The number of benzene rings is 1. The first-order valence-electron chi connectivity index (χ1n) is 7.09. The summed E-state index contributed by atoms with van der Waals surface area (Å²) in [5.41, 5.74) is 1.69. The van der Waals surface area contributed by atoms with E-state index in [9.17, 15) is 4.79 Å². The summed E-state index contributed by atoms with van der Waals surface area (Å²) in [6, 6.07) is 3.80. The predicted molar refractivity (Wildman–Crippen MR) is 80.1 cm³/mol. The molecular formula is C16H23NO4. The van der Waals surface area contributed by atoms with Crippen molar-refractivity contribution >= 4 is 6.09 Å². The molecule has 5 heteroatoms. The molecule has 5 nitrogen and oxygen atoms in total. The fraction of sp³-hybridized carbons (Fsp3) is 0.562. The molecule has 0 radical (unpaired) electrons. The first kappa shape index (κ1) is 15.5. The third kappa shape index (κ3) is 3.80. The number of fused-ring (bicyclic) bond motifs is 1. The number of amides is 1. The second kappa shape index (κ2) is 5.84. The van der Waals surface area contributed by atoms with Gasteiger partial charge in [-0.3, -0.25) is 0 Å². The Morgan fingerprint density at radius 3 is 2.71 bits per heavy atom. The molecule has 1 heterocycles. The van der Waals surface area contributed by atoms with E-state index < -0.39 is 11.7 Å². The van der Waals surface area contributed by atoms with Crippen LogP contribution in [0.25, 0.3) is 0 Å². The number of carbonyl (C=O) groups excluding carboxylic acids is 1. The van der Waals surface area contributed by atoms with Gasteiger partial charge in [0.15, 0.2) is 11.5 Å². The first-order valence-corrected chi connectivity index (χ1v) is 7.09. The molecule has 1 amide bonds. The number of alkyl carbamates (subject to hydrolysis) is 1. The van der Waals surface area contributed by atoms with E-state index >= 15 is 0 Å². The van der Waals surface area contributed by atoms with Gasteiger partial charge in [0.05, 0.1) is 13.2 Å². The number of hydrogen-bond acceptors (Lipinski definition) is 4. The molecule has 0 fully saturated rings. The van der Waals surface area contributed by atoms with Crippen molar-refractivity contribution in [2.75, 3.05) is 13.7 Å². The van der Waals surface area contributed by atoms with Crippen LogP contribution in [-0.2, 0) is 11.2 Å². The molecular weight excluding hydrogens is 270 g/mol. The Labute approximate surface area is 125 Å².